The fourth-order valence-electron chi connectivity index (χ4n) is 3.93. The van der Waals surface area contributed by atoms with Crippen molar-refractivity contribution in [3.8, 4) is 0 Å². The minimum atomic E-state index is -0.790. The average Bonchev–Trinajstić information content (AvgIpc) is 3.33. The van der Waals surface area contributed by atoms with E-state index < -0.39 is 5.97 Å². The second-order valence-corrected chi connectivity index (χ2v) is 7.51. The molecule has 0 bridgehead atoms. The molecule has 4 heteroatoms. The van der Waals surface area contributed by atoms with Crippen molar-refractivity contribution in [2.24, 2.45) is 11.3 Å². The SMILES string of the molecule is O=C(O)Cc1ccc(CN2CCC[C@@](CO)(CC3CC3)C2)cc1. The molecule has 0 unspecified atom stereocenters. The molecule has 0 aromatic heterocycles. The number of carboxylic acid groups (broad SMARTS) is 1. The maximum atomic E-state index is 10.7. The summed E-state index contributed by atoms with van der Waals surface area (Å²) in [7, 11) is 0. The lowest BCUT2D eigenvalue weighted by atomic mass is 9.76. The first-order chi connectivity index (χ1) is 11.1. The Bertz CT molecular complexity index is 538. The molecule has 2 N–H and O–H groups in total. The van der Waals surface area contributed by atoms with Crippen molar-refractivity contribution in [2.45, 2.75) is 45.1 Å². The predicted molar refractivity (Wildman–Crippen MR) is 89.2 cm³/mol. The molecule has 126 valence electrons. The highest BCUT2D eigenvalue weighted by atomic mass is 16.4. The number of piperidine rings is 1. The van der Waals surface area contributed by atoms with E-state index in [1.165, 1.54) is 24.8 Å². The van der Waals surface area contributed by atoms with Gasteiger partial charge in [0.1, 0.15) is 0 Å². The maximum Gasteiger partial charge on any atom is 0.307 e. The van der Waals surface area contributed by atoms with Crippen LogP contribution >= 0.6 is 0 Å². The summed E-state index contributed by atoms with van der Waals surface area (Å²) in [6.07, 6.45) is 6.24. The number of aliphatic carboxylic acids is 1. The molecule has 1 heterocycles. The van der Waals surface area contributed by atoms with E-state index in [4.69, 9.17) is 5.11 Å². The number of rotatable bonds is 7. The highest BCUT2D eigenvalue weighted by Gasteiger charge is 2.39. The van der Waals surface area contributed by atoms with Gasteiger partial charge in [0.25, 0.3) is 0 Å². The van der Waals surface area contributed by atoms with Crippen LogP contribution in [0.25, 0.3) is 0 Å². The van der Waals surface area contributed by atoms with Crippen LogP contribution in [0.2, 0.25) is 0 Å². The zero-order chi connectivity index (χ0) is 16.3. The molecule has 0 spiro atoms. The summed E-state index contributed by atoms with van der Waals surface area (Å²) in [6.45, 7) is 3.26. The fraction of sp³-hybridized carbons (Fsp3) is 0.632. The summed E-state index contributed by atoms with van der Waals surface area (Å²) in [4.78, 5) is 13.2. The van der Waals surface area contributed by atoms with E-state index in [2.05, 4.69) is 4.90 Å². The molecule has 2 aliphatic rings. The van der Waals surface area contributed by atoms with Crippen molar-refractivity contribution >= 4 is 5.97 Å². The molecular weight excluding hydrogens is 290 g/mol. The highest BCUT2D eigenvalue weighted by molar-refractivity contribution is 5.70. The summed E-state index contributed by atoms with van der Waals surface area (Å²) >= 11 is 0. The normalized spacial score (nSPS) is 25.4. The van der Waals surface area contributed by atoms with Gasteiger partial charge in [0, 0.05) is 25.1 Å². The van der Waals surface area contributed by atoms with E-state index >= 15 is 0 Å². The van der Waals surface area contributed by atoms with Crippen LogP contribution in [0.15, 0.2) is 24.3 Å². The molecule has 3 rings (SSSR count). The number of carbonyl (C=O) groups is 1. The van der Waals surface area contributed by atoms with Gasteiger partial charge in [-0.25, -0.2) is 0 Å². The van der Waals surface area contributed by atoms with E-state index in [0.717, 1.165) is 44.0 Å². The van der Waals surface area contributed by atoms with Crippen LogP contribution in [0.5, 0.6) is 0 Å². The van der Waals surface area contributed by atoms with E-state index in [-0.39, 0.29) is 11.8 Å². The van der Waals surface area contributed by atoms with Crippen LogP contribution in [0.3, 0.4) is 0 Å². The van der Waals surface area contributed by atoms with Gasteiger partial charge in [0.05, 0.1) is 6.42 Å². The molecular formula is C19H27NO3. The molecule has 1 atom stereocenters. The van der Waals surface area contributed by atoms with Crippen molar-refractivity contribution in [3.63, 3.8) is 0 Å². The Morgan fingerprint density at radius 1 is 1.22 bits per heavy atom. The van der Waals surface area contributed by atoms with Crippen molar-refractivity contribution in [1.29, 1.82) is 0 Å². The maximum absolute atomic E-state index is 10.7. The number of aliphatic hydroxyl groups excluding tert-OH is 1. The number of nitrogens with zero attached hydrogens (tertiary/aromatic N) is 1. The van der Waals surface area contributed by atoms with Crippen LogP contribution in [0, 0.1) is 11.3 Å². The molecule has 0 amide bonds. The van der Waals surface area contributed by atoms with Gasteiger partial charge in [0.15, 0.2) is 0 Å². The molecule has 2 fully saturated rings. The number of benzene rings is 1. The molecule has 4 nitrogen and oxygen atoms in total. The largest absolute Gasteiger partial charge is 0.481 e. The third-order valence-electron chi connectivity index (χ3n) is 5.28. The highest BCUT2D eigenvalue weighted by Crippen LogP contribution is 2.44. The first-order valence-electron chi connectivity index (χ1n) is 8.71. The second kappa shape index (κ2) is 7.02. The molecule has 1 aliphatic carbocycles. The van der Waals surface area contributed by atoms with Crippen LogP contribution in [0.4, 0.5) is 0 Å². The Kier molecular flexibility index (Phi) is 5.02. The van der Waals surface area contributed by atoms with E-state index in [1.54, 1.807) is 0 Å². The summed E-state index contributed by atoms with van der Waals surface area (Å²) in [5.74, 6) is 0.0546. The van der Waals surface area contributed by atoms with Crippen LogP contribution in [-0.2, 0) is 17.8 Å². The van der Waals surface area contributed by atoms with Gasteiger partial charge in [0.2, 0.25) is 0 Å². The summed E-state index contributed by atoms with van der Waals surface area (Å²) in [5.41, 5.74) is 2.17. The number of aliphatic hydroxyl groups is 1. The first kappa shape index (κ1) is 16.5. The minimum Gasteiger partial charge on any atom is -0.481 e. The van der Waals surface area contributed by atoms with E-state index in [1.807, 2.05) is 24.3 Å². The topological polar surface area (TPSA) is 60.8 Å². The van der Waals surface area contributed by atoms with Crippen molar-refractivity contribution in [2.75, 3.05) is 19.7 Å². The Labute approximate surface area is 138 Å². The van der Waals surface area contributed by atoms with Gasteiger partial charge in [-0.1, -0.05) is 37.1 Å². The monoisotopic (exact) mass is 317 g/mol. The van der Waals surface area contributed by atoms with Crippen molar-refractivity contribution in [1.82, 2.24) is 4.90 Å². The average molecular weight is 317 g/mol. The Balaban J connectivity index is 1.59. The second-order valence-electron chi connectivity index (χ2n) is 7.51. The zero-order valence-corrected chi connectivity index (χ0v) is 13.7. The van der Waals surface area contributed by atoms with Crippen molar-refractivity contribution in [3.05, 3.63) is 35.4 Å². The van der Waals surface area contributed by atoms with E-state index in [0.29, 0.717) is 6.61 Å². The van der Waals surface area contributed by atoms with Crippen LogP contribution in [0.1, 0.15) is 43.2 Å². The van der Waals surface area contributed by atoms with Gasteiger partial charge < -0.3 is 10.2 Å². The zero-order valence-electron chi connectivity index (χ0n) is 13.7. The molecule has 0 radical (unpaired) electrons. The van der Waals surface area contributed by atoms with Crippen molar-refractivity contribution < 1.29 is 15.0 Å². The lowest BCUT2D eigenvalue weighted by Gasteiger charge is -2.42. The fourth-order valence-corrected chi connectivity index (χ4v) is 3.93. The Hall–Kier alpha value is -1.39. The van der Waals surface area contributed by atoms with Gasteiger partial charge in [-0.15, -0.1) is 0 Å². The Morgan fingerprint density at radius 2 is 1.91 bits per heavy atom. The van der Waals surface area contributed by atoms with Crippen LogP contribution in [-0.4, -0.2) is 40.8 Å². The lowest BCUT2D eigenvalue weighted by Crippen LogP contribution is -2.45. The number of likely N-dealkylation sites (tertiary alicyclic amines) is 1. The summed E-state index contributed by atoms with van der Waals surface area (Å²) < 4.78 is 0. The molecule has 1 aromatic carbocycles. The third kappa shape index (κ3) is 4.55. The quantitative estimate of drug-likeness (QED) is 0.812. The van der Waals surface area contributed by atoms with E-state index in [9.17, 15) is 9.90 Å². The molecule has 1 aromatic rings. The lowest BCUT2D eigenvalue weighted by molar-refractivity contribution is -0.136. The van der Waals surface area contributed by atoms with Gasteiger partial charge >= 0.3 is 5.97 Å². The smallest absolute Gasteiger partial charge is 0.307 e. The van der Waals surface area contributed by atoms with Gasteiger partial charge in [-0.2, -0.15) is 0 Å². The number of hydrogen-bond acceptors (Lipinski definition) is 3. The standard InChI is InChI=1S/C19H27NO3/c21-14-19(11-16-4-5-16)8-1-9-20(13-19)12-17-6-2-15(3-7-17)10-18(22)23/h2-3,6-7,16,21H,1,4-5,8-14H2,(H,22,23)/t19-/m1/s1. The molecule has 1 aliphatic heterocycles. The minimum absolute atomic E-state index is 0.0823. The number of hydrogen-bond donors (Lipinski definition) is 2. The number of carboxylic acids is 1. The summed E-state index contributed by atoms with van der Waals surface area (Å²) in [5, 5.41) is 18.8. The first-order valence-corrected chi connectivity index (χ1v) is 8.71. The molecule has 1 saturated heterocycles. The van der Waals surface area contributed by atoms with Crippen LogP contribution < -0.4 is 0 Å². The molecule has 23 heavy (non-hydrogen) atoms. The summed E-state index contributed by atoms with van der Waals surface area (Å²) in [6, 6.07) is 7.90. The third-order valence-corrected chi connectivity index (χ3v) is 5.28. The van der Waals surface area contributed by atoms with Gasteiger partial charge in [-0.3, -0.25) is 9.69 Å². The predicted octanol–water partition coefficient (Wildman–Crippen LogP) is 2.69. The van der Waals surface area contributed by atoms with Gasteiger partial charge in [-0.05, 0) is 42.9 Å². The Morgan fingerprint density at radius 3 is 2.52 bits per heavy atom. The molecule has 1 saturated carbocycles.